The van der Waals surface area contributed by atoms with Gasteiger partial charge in [0.2, 0.25) is 0 Å². The zero-order chi connectivity index (χ0) is 12.3. The van der Waals surface area contributed by atoms with Gasteiger partial charge in [0.25, 0.3) is 0 Å². The van der Waals surface area contributed by atoms with E-state index in [0.717, 1.165) is 27.2 Å². The summed E-state index contributed by atoms with van der Waals surface area (Å²) in [6.45, 7) is 2.86. The third kappa shape index (κ3) is 3.35. The Balaban J connectivity index is 2.01. The lowest BCUT2D eigenvalue weighted by atomic mass is 10.1. The van der Waals surface area contributed by atoms with Gasteiger partial charge in [0, 0.05) is 27.6 Å². The predicted molar refractivity (Wildman–Crippen MR) is 73.1 cm³/mol. The van der Waals surface area contributed by atoms with E-state index in [0.29, 0.717) is 0 Å². The monoisotopic (exact) mass is 313 g/mol. The number of nitrogens with one attached hydrogen (secondary N) is 1. The predicted octanol–water partition coefficient (Wildman–Crippen LogP) is 4.55. The minimum absolute atomic E-state index is 0.200. The van der Waals surface area contributed by atoms with Gasteiger partial charge < -0.3 is 9.73 Å². The fraction of sp³-hybridized carbons (Fsp3) is 0.231. The van der Waals surface area contributed by atoms with E-state index in [9.17, 15) is 0 Å². The average Bonchev–Trinajstić information content (AvgIpc) is 2.78. The summed E-state index contributed by atoms with van der Waals surface area (Å²) in [6.07, 6.45) is 3.41. The summed E-state index contributed by atoms with van der Waals surface area (Å²) in [5.41, 5.74) is 2.23. The minimum Gasteiger partial charge on any atom is -0.472 e. The fourth-order valence-electron chi connectivity index (χ4n) is 1.63. The van der Waals surface area contributed by atoms with Crippen molar-refractivity contribution in [2.75, 3.05) is 0 Å². The highest BCUT2D eigenvalue weighted by atomic mass is 79.9. The third-order valence-corrected chi connectivity index (χ3v) is 3.44. The molecule has 0 saturated carbocycles. The molecule has 2 nitrogen and oxygen atoms in total. The fourth-order valence-corrected chi connectivity index (χ4v) is 2.46. The van der Waals surface area contributed by atoms with Crippen LogP contribution >= 0.6 is 27.5 Å². The molecule has 0 saturated heterocycles. The lowest BCUT2D eigenvalue weighted by Crippen LogP contribution is -2.18. The van der Waals surface area contributed by atoms with Crippen LogP contribution in [0.4, 0.5) is 0 Å². The summed E-state index contributed by atoms with van der Waals surface area (Å²) >= 11 is 9.60. The zero-order valence-electron chi connectivity index (χ0n) is 9.41. The Bertz CT molecular complexity index is 484. The van der Waals surface area contributed by atoms with E-state index in [2.05, 4.69) is 28.2 Å². The van der Waals surface area contributed by atoms with Gasteiger partial charge in [0.05, 0.1) is 12.5 Å². The van der Waals surface area contributed by atoms with Crippen LogP contribution in [0.25, 0.3) is 0 Å². The Kier molecular flexibility index (Phi) is 4.26. The molecule has 0 aliphatic rings. The lowest BCUT2D eigenvalue weighted by Gasteiger charge is -2.15. The van der Waals surface area contributed by atoms with Crippen molar-refractivity contribution in [1.82, 2.24) is 5.32 Å². The molecular weight excluding hydrogens is 302 g/mol. The summed E-state index contributed by atoms with van der Waals surface area (Å²) in [5, 5.41) is 4.17. The van der Waals surface area contributed by atoms with Crippen LogP contribution in [0.1, 0.15) is 24.1 Å². The van der Waals surface area contributed by atoms with Crippen molar-refractivity contribution >= 4 is 27.5 Å². The third-order valence-electron chi connectivity index (χ3n) is 2.62. The molecule has 1 aromatic carbocycles. The van der Waals surface area contributed by atoms with Crippen LogP contribution in [0.2, 0.25) is 5.02 Å². The van der Waals surface area contributed by atoms with Crippen molar-refractivity contribution in [2.24, 2.45) is 0 Å². The molecule has 0 fully saturated rings. The summed E-state index contributed by atoms with van der Waals surface area (Å²) < 4.78 is 6.01. The van der Waals surface area contributed by atoms with Crippen LogP contribution in [0.3, 0.4) is 0 Å². The molecule has 90 valence electrons. The van der Waals surface area contributed by atoms with Crippen LogP contribution in [0.5, 0.6) is 0 Å². The van der Waals surface area contributed by atoms with Gasteiger partial charge in [-0.15, -0.1) is 0 Å². The number of rotatable bonds is 4. The zero-order valence-corrected chi connectivity index (χ0v) is 11.8. The lowest BCUT2D eigenvalue weighted by molar-refractivity contribution is 0.547. The molecule has 0 radical (unpaired) electrons. The molecule has 4 heteroatoms. The molecule has 1 atom stereocenters. The maximum absolute atomic E-state index is 6.20. The standard InChI is InChI=1S/C13H13BrClNO/c1-9(16-7-10-4-5-17-8-10)12-3-2-11(14)6-13(12)15/h2-6,8-9,16H,7H2,1H3. The second-order valence-electron chi connectivity index (χ2n) is 3.90. The molecule has 1 N–H and O–H groups in total. The van der Waals surface area contributed by atoms with Crippen LogP contribution in [-0.4, -0.2) is 0 Å². The van der Waals surface area contributed by atoms with E-state index in [4.69, 9.17) is 16.0 Å². The van der Waals surface area contributed by atoms with Crippen molar-refractivity contribution < 1.29 is 4.42 Å². The highest BCUT2D eigenvalue weighted by Gasteiger charge is 2.09. The van der Waals surface area contributed by atoms with Crippen molar-refractivity contribution in [1.29, 1.82) is 0 Å². The van der Waals surface area contributed by atoms with E-state index in [1.165, 1.54) is 0 Å². The molecule has 2 rings (SSSR count). The van der Waals surface area contributed by atoms with E-state index in [1.54, 1.807) is 12.5 Å². The number of furan rings is 1. The SMILES string of the molecule is CC(NCc1ccoc1)c1ccc(Br)cc1Cl. The summed E-state index contributed by atoms with van der Waals surface area (Å²) in [5.74, 6) is 0. The van der Waals surface area contributed by atoms with Gasteiger partial charge in [0.1, 0.15) is 0 Å². The number of benzene rings is 1. The topological polar surface area (TPSA) is 25.2 Å². The normalized spacial score (nSPS) is 12.6. The first-order chi connectivity index (χ1) is 8.16. The van der Waals surface area contributed by atoms with Gasteiger partial charge in [-0.2, -0.15) is 0 Å². The first-order valence-electron chi connectivity index (χ1n) is 5.36. The molecule has 0 amide bonds. The maximum Gasteiger partial charge on any atom is 0.0947 e. The second kappa shape index (κ2) is 5.71. The molecular formula is C13H13BrClNO. The highest BCUT2D eigenvalue weighted by molar-refractivity contribution is 9.10. The van der Waals surface area contributed by atoms with Crippen molar-refractivity contribution in [3.63, 3.8) is 0 Å². The molecule has 1 heterocycles. The van der Waals surface area contributed by atoms with Crippen LogP contribution in [0, 0.1) is 0 Å². The first kappa shape index (κ1) is 12.7. The van der Waals surface area contributed by atoms with E-state index in [1.807, 2.05) is 24.3 Å². The summed E-state index contributed by atoms with van der Waals surface area (Å²) in [4.78, 5) is 0. The Morgan fingerprint density at radius 3 is 2.88 bits per heavy atom. The van der Waals surface area contributed by atoms with Crippen LogP contribution < -0.4 is 5.32 Å². The number of hydrogen-bond acceptors (Lipinski definition) is 2. The molecule has 0 aliphatic carbocycles. The minimum atomic E-state index is 0.200. The molecule has 0 aliphatic heterocycles. The summed E-state index contributed by atoms with van der Waals surface area (Å²) in [7, 11) is 0. The van der Waals surface area contributed by atoms with Crippen molar-refractivity contribution in [2.45, 2.75) is 19.5 Å². The molecule has 0 bridgehead atoms. The Morgan fingerprint density at radius 1 is 1.41 bits per heavy atom. The largest absolute Gasteiger partial charge is 0.472 e. The van der Waals surface area contributed by atoms with Crippen LogP contribution in [0.15, 0.2) is 45.7 Å². The molecule has 1 unspecified atom stereocenters. The number of hydrogen-bond donors (Lipinski definition) is 1. The molecule has 0 spiro atoms. The van der Waals surface area contributed by atoms with Crippen molar-refractivity contribution in [3.05, 3.63) is 57.4 Å². The summed E-state index contributed by atoms with van der Waals surface area (Å²) in [6, 6.07) is 8.08. The molecule has 1 aromatic heterocycles. The highest BCUT2D eigenvalue weighted by Crippen LogP contribution is 2.26. The first-order valence-corrected chi connectivity index (χ1v) is 6.53. The van der Waals surface area contributed by atoms with E-state index < -0.39 is 0 Å². The maximum atomic E-state index is 6.20. The van der Waals surface area contributed by atoms with Gasteiger partial charge in [-0.05, 0) is 30.7 Å². The van der Waals surface area contributed by atoms with Crippen molar-refractivity contribution in [3.8, 4) is 0 Å². The molecule has 17 heavy (non-hydrogen) atoms. The second-order valence-corrected chi connectivity index (χ2v) is 5.22. The quantitative estimate of drug-likeness (QED) is 0.896. The van der Waals surface area contributed by atoms with Gasteiger partial charge >= 0.3 is 0 Å². The average molecular weight is 315 g/mol. The molecule has 2 aromatic rings. The van der Waals surface area contributed by atoms with Gasteiger partial charge in [-0.3, -0.25) is 0 Å². The Hall–Kier alpha value is -0.770. The van der Waals surface area contributed by atoms with E-state index >= 15 is 0 Å². The van der Waals surface area contributed by atoms with Gasteiger partial charge in [0.15, 0.2) is 0 Å². The number of halogens is 2. The Morgan fingerprint density at radius 2 is 2.24 bits per heavy atom. The van der Waals surface area contributed by atoms with Crippen LogP contribution in [-0.2, 0) is 6.54 Å². The van der Waals surface area contributed by atoms with E-state index in [-0.39, 0.29) is 6.04 Å². The smallest absolute Gasteiger partial charge is 0.0947 e. The Labute approximate surface area is 114 Å². The van der Waals surface area contributed by atoms with Gasteiger partial charge in [-0.1, -0.05) is 33.6 Å². The van der Waals surface area contributed by atoms with Gasteiger partial charge in [-0.25, -0.2) is 0 Å².